The van der Waals surface area contributed by atoms with Crippen LogP contribution < -0.4 is 9.64 Å². The topological polar surface area (TPSA) is 68.5 Å². The van der Waals surface area contributed by atoms with E-state index in [1.165, 1.54) is 12.3 Å². The number of ether oxygens (including phenoxy) is 1. The zero-order valence-electron chi connectivity index (χ0n) is 12.0. The zero-order chi connectivity index (χ0) is 16.4. The molecule has 120 valence electrons. The zero-order valence-corrected chi connectivity index (χ0v) is 13.5. The third-order valence-corrected chi connectivity index (χ3v) is 4.07. The summed E-state index contributed by atoms with van der Waals surface area (Å²) >= 11 is 12.1. The van der Waals surface area contributed by atoms with Crippen molar-refractivity contribution in [1.82, 2.24) is 4.98 Å². The Labute approximate surface area is 142 Å². The highest BCUT2D eigenvalue weighted by Gasteiger charge is 2.27. The number of pyridine rings is 1. The van der Waals surface area contributed by atoms with Crippen LogP contribution in [0.2, 0.25) is 10.0 Å². The molecule has 1 aromatic heterocycles. The third kappa shape index (κ3) is 3.65. The van der Waals surface area contributed by atoms with Crippen LogP contribution in [0.1, 0.15) is 6.42 Å². The Morgan fingerprint density at radius 2 is 2.17 bits per heavy atom. The van der Waals surface area contributed by atoms with E-state index in [2.05, 4.69) is 4.98 Å². The molecule has 3 rings (SSSR count). The second-order valence-electron chi connectivity index (χ2n) is 5.19. The molecule has 0 N–H and O–H groups in total. The predicted molar refractivity (Wildman–Crippen MR) is 88.6 cm³/mol. The number of halogens is 2. The molecule has 2 heterocycles. The Hall–Kier alpha value is -2.05. The second-order valence-corrected chi connectivity index (χ2v) is 6.03. The second kappa shape index (κ2) is 6.60. The van der Waals surface area contributed by atoms with Gasteiger partial charge in [-0.25, -0.2) is 4.98 Å². The van der Waals surface area contributed by atoms with Crippen LogP contribution in [0.25, 0.3) is 0 Å². The van der Waals surface area contributed by atoms with Gasteiger partial charge in [-0.15, -0.1) is 0 Å². The van der Waals surface area contributed by atoms with Crippen LogP contribution in [0.4, 0.5) is 11.5 Å². The summed E-state index contributed by atoms with van der Waals surface area (Å²) in [7, 11) is 0. The molecule has 1 fully saturated rings. The first kappa shape index (κ1) is 15.8. The van der Waals surface area contributed by atoms with Gasteiger partial charge in [0, 0.05) is 24.1 Å². The van der Waals surface area contributed by atoms with Crippen molar-refractivity contribution in [3.05, 3.63) is 56.7 Å². The van der Waals surface area contributed by atoms with Crippen molar-refractivity contribution >= 4 is 34.7 Å². The number of nitro groups is 1. The maximum Gasteiger partial charge on any atom is 0.289 e. The van der Waals surface area contributed by atoms with Gasteiger partial charge in [0.05, 0.1) is 16.5 Å². The van der Waals surface area contributed by atoms with Crippen LogP contribution in [-0.4, -0.2) is 29.1 Å². The lowest BCUT2D eigenvalue weighted by Crippen LogP contribution is -2.25. The maximum atomic E-state index is 10.7. The van der Waals surface area contributed by atoms with Gasteiger partial charge in [-0.05, 0) is 18.2 Å². The molecule has 0 aliphatic carbocycles. The van der Waals surface area contributed by atoms with Crippen molar-refractivity contribution in [3.8, 4) is 5.75 Å². The number of nitrogens with zero attached hydrogens (tertiary/aromatic N) is 3. The molecular formula is C15H13Cl2N3O3. The summed E-state index contributed by atoms with van der Waals surface area (Å²) in [6, 6.07) is 8.55. The first-order valence-electron chi connectivity index (χ1n) is 7.00. The average molecular weight is 354 g/mol. The average Bonchev–Trinajstić information content (AvgIpc) is 2.95. The molecule has 1 aliphatic heterocycles. The van der Waals surface area contributed by atoms with Crippen LogP contribution >= 0.6 is 23.2 Å². The van der Waals surface area contributed by atoms with E-state index < -0.39 is 4.92 Å². The number of anilines is 1. The molecule has 2 aromatic rings. The van der Waals surface area contributed by atoms with Gasteiger partial charge in [0.15, 0.2) is 0 Å². The van der Waals surface area contributed by atoms with E-state index in [1.54, 1.807) is 12.1 Å². The molecule has 0 amide bonds. The van der Waals surface area contributed by atoms with Crippen LogP contribution in [-0.2, 0) is 0 Å². The number of benzene rings is 1. The van der Waals surface area contributed by atoms with Crippen LogP contribution in [0.5, 0.6) is 5.75 Å². The monoisotopic (exact) mass is 353 g/mol. The van der Waals surface area contributed by atoms with Crippen LogP contribution in [0, 0.1) is 10.1 Å². The lowest BCUT2D eigenvalue weighted by Gasteiger charge is -2.19. The van der Waals surface area contributed by atoms with Gasteiger partial charge in [-0.2, -0.15) is 0 Å². The molecule has 1 saturated heterocycles. The number of aromatic nitrogens is 1. The predicted octanol–water partition coefficient (Wildman–Crippen LogP) is 3.95. The molecule has 1 unspecified atom stereocenters. The van der Waals surface area contributed by atoms with E-state index in [0.29, 0.717) is 23.1 Å². The largest absolute Gasteiger partial charge is 0.488 e. The summed E-state index contributed by atoms with van der Waals surface area (Å²) in [6.45, 7) is 1.33. The van der Waals surface area contributed by atoms with Crippen molar-refractivity contribution < 1.29 is 9.66 Å². The number of rotatable bonds is 4. The minimum atomic E-state index is -0.516. The first-order chi connectivity index (χ1) is 11.0. The quantitative estimate of drug-likeness (QED) is 0.614. The molecule has 1 aliphatic rings. The molecule has 23 heavy (non-hydrogen) atoms. The Balaban J connectivity index is 1.69. The van der Waals surface area contributed by atoms with Gasteiger partial charge in [0.1, 0.15) is 23.9 Å². The molecule has 8 heteroatoms. The van der Waals surface area contributed by atoms with Crippen molar-refractivity contribution in [2.45, 2.75) is 12.5 Å². The number of hydrogen-bond donors (Lipinski definition) is 0. The molecule has 1 atom stereocenters. The summed E-state index contributed by atoms with van der Waals surface area (Å²) in [4.78, 5) is 16.3. The van der Waals surface area contributed by atoms with Crippen molar-refractivity contribution in [2.75, 3.05) is 18.0 Å². The molecule has 0 spiro atoms. The minimum absolute atomic E-state index is 0.0125. The first-order valence-corrected chi connectivity index (χ1v) is 7.75. The molecule has 0 bridgehead atoms. The Morgan fingerprint density at radius 1 is 1.35 bits per heavy atom. The lowest BCUT2D eigenvalue weighted by molar-refractivity contribution is -0.385. The summed E-state index contributed by atoms with van der Waals surface area (Å²) in [5.74, 6) is 1.25. The van der Waals surface area contributed by atoms with Crippen molar-refractivity contribution in [2.24, 2.45) is 0 Å². The van der Waals surface area contributed by atoms with E-state index in [0.717, 1.165) is 13.0 Å². The third-order valence-electron chi connectivity index (χ3n) is 3.56. The van der Waals surface area contributed by atoms with Crippen LogP contribution in [0.3, 0.4) is 0 Å². The van der Waals surface area contributed by atoms with Gasteiger partial charge in [0.2, 0.25) is 0 Å². The normalized spacial score (nSPS) is 17.3. The van der Waals surface area contributed by atoms with Crippen molar-refractivity contribution in [3.63, 3.8) is 0 Å². The maximum absolute atomic E-state index is 10.7. The van der Waals surface area contributed by atoms with Gasteiger partial charge >= 0.3 is 0 Å². The fourth-order valence-corrected chi connectivity index (χ4v) is 2.96. The summed E-state index contributed by atoms with van der Waals surface area (Å²) < 4.78 is 5.90. The van der Waals surface area contributed by atoms with E-state index in [-0.39, 0.29) is 16.8 Å². The highest BCUT2D eigenvalue weighted by Crippen LogP contribution is 2.30. The molecule has 0 radical (unpaired) electrons. The van der Waals surface area contributed by atoms with Gasteiger partial charge in [-0.3, -0.25) is 10.1 Å². The Morgan fingerprint density at radius 3 is 2.87 bits per heavy atom. The van der Waals surface area contributed by atoms with E-state index in [9.17, 15) is 10.1 Å². The Bertz CT molecular complexity index is 742. The fourth-order valence-electron chi connectivity index (χ4n) is 2.50. The summed E-state index contributed by atoms with van der Waals surface area (Å²) in [5.41, 5.74) is -0.121. The van der Waals surface area contributed by atoms with Gasteiger partial charge < -0.3 is 9.64 Å². The van der Waals surface area contributed by atoms with Crippen LogP contribution in [0.15, 0.2) is 36.5 Å². The highest BCUT2D eigenvalue weighted by atomic mass is 35.5. The minimum Gasteiger partial charge on any atom is -0.488 e. The van der Waals surface area contributed by atoms with Crippen molar-refractivity contribution in [1.29, 1.82) is 0 Å². The standard InChI is InChI=1S/C15H13Cl2N3O3/c16-10-2-1-3-12(6-10)23-13-4-5-19(9-13)15-14(17)7-11(8-18-15)20(21)22/h1-3,6-8,13H,4-5,9H2. The molecule has 1 aromatic carbocycles. The SMILES string of the molecule is O=[N+]([O-])c1cnc(N2CCC(Oc3cccc(Cl)c3)C2)c(Cl)c1. The van der Waals surface area contributed by atoms with Gasteiger partial charge in [0.25, 0.3) is 5.69 Å². The summed E-state index contributed by atoms with van der Waals surface area (Å²) in [6.07, 6.45) is 2.01. The Kier molecular flexibility index (Phi) is 4.54. The van der Waals surface area contributed by atoms with E-state index in [1.807, 2.05) is 17.0 Å². The van der Waals surface area contributed by atoms with Gasteiger partial charge in [-0.1, -0.05) is 29.3 Å². The lowest BCUT2D eigenvalue weighted by atomic mass is 10.3. The molecular weight excluding hydrogens is 341 g/mol. The smallest absolute Gasteiger partial charge is 0.289 e. The van der Waals surface area contributed by atoms with E-state index >= 15 is 0 Å². The van der Waals surface area contributed by atoms with E-state index in [4.69, 9.17) is 27.9 Å². The molecule has 6 nitrogen and oxygen atoms in total. The highest BCUT2D eigenvalue weighted by molar-refractivity contribution is 6.33. The number of hydrogen-bond acceptors (Lipinski definition) is 5. The molecule has 0 saturated carbocycles. The fraction of sp³-hybridized carbons (Fsp3) is 0.267. The summed E-state index contributed by atoms with van der Waals surface area (Å²) in [5, 5.41) is 11.6.